The minimum Gasteiger partial charge on any atom is -0.475 e. The van der Waals surface area contributed by atoms with E-state index in [2.05, 4.69) is 52.8 Å². The number of guanidine groups is 1. The highest BCUT2D eigenvalue weighted by Crippen LogP contribution is 2.25. The number of hydrogen-bond acceptors (Lipinski definition) is 21. The number of aliphatic hydroxyl groups is 4. The van der Waals surface area contributed by atoms with Crippen LogP contribution in [0.4, 0.5) is 18.0 Å². The Morgan fingerprint density at radius 1 is 0.696 bits per heavy atom. The molecule has 1 heterocycles. The molecule has 0 radical (unpaired) electrons. The maximum atomic E-state index is 15.4. The number of nitrogens with two attached hydrogens (primary N) is 3. The van der Waals surface area contributed by atoms with Crippen LogP contribution in [-0.4, -0.2) is 225 Å². The second kappa shape index (κ2) is 43.3. The molecule has 0 saturated carbocycles. The van der Waals surface area contributed by atoms with Gasteiger partial charge in [0.25, 0.3) is 0 Å². The first-order valence-electron chi connectivity index (χ1n) is 32.8. The van der Waals surface area contributed by atoms with Crippen LogP contribution in [-0.2, 0) is 71.8 Å². The van der Waals surface area contributed by atoms with Crippen LogP contribution in [0.1, 0.15) is 140 Å². The predicted molar refractivity (Wildman–Crippen MR) is 356 cm³/mol. The Hall–Kier alpha value is -9.50. The molecule has 1 aliphatic heterocycles. The van der Waals surface area contributed by atoms with Crippen molar-refractivity contribution < 1.29 is 115 Å². The molecular formula is C63H102F3N15O21. The van der Waals surface area contributed by atoms with Crippen molar-refractivity contribution in [2.75, 3.05) is 26.2 Å². The number of aliphatic hydroxyl groups excluding tert-OH is 4. The summed E-state index contributed by atoms with van der Waals surface area (Å²) in [5.41, 5.74) is 15.5. The van der Waals surface area contributed by atoms with Gasteiger partial charge in [0.05, 0.1) is 25.4 Å². The number of rotatable bonds is 24. The summed E-state index contributed by atoms with van der Waals surface area (Å²) in [5, 5.41) is 77.8. The highest BCUT2D eigenvalue weighted by Gasteiger charge is 2.44. The van der Waals surface area contributed by atoms with E-state index in [9.17, 15) is 91.1 Å². The van der Waals surface area contributed by atoms with Gasteiger partial charge in [0.1, 0.15) is 53.9 Å². The van der Waals surface area contributed by atoms with Crippen molar-refractivity contribution >= 4 is 89.0 Å². The molecule has 36 nitrogen and oxygen atoms in total. The summed E-state index contributed by atoms with van der Waals surface area (Å²) in [6, 6.07) is -9.86. The van der Waals surface area contributed by atoms with Gasteiger partial charge in [-0.2, -0.15) is 13.2 Å². The summed E-state index contributed by atoms with van der Waals surface area (Å²) in [6.45, 7) is 16.5. The number of esters is 1. The third-order valence-electron chi connectivity index (χ3n) is 14.9. The number of ether oxygens (including phenoxy) is 2. The Labute approximate surface area is 587 Å². The highest BCUT2D eigenvalue weighted by atomic mass is 19.4. The molecular weight excluding hydrogens is 1360 g/mol. The number of aliphatic carboxylic acids is 1. The number of nitrogens with one attached hydrogen (secondary N) is 11. The summed E-state index contributed by atoms with van der Waals surface area (Å²) in [4.78, 5) is 195. The minimum atomic E-state index is -5.08. The molecule has 0 unspecified atom stereocenters. The van der Waals surface area contributed by atoms with E-state index in [1.54, 1.807) is 62.3 Å². The zero-order chi connectivity index (χ0) is 78.3. The van der Waals surface area contributed by atoms with E-state index >= 15 is 4.79 Å². The summed E-state index contributed by atoms with van der Waals surface area (Å²) < 4.78 is 42.9. The van der Waals surface area contributed by atoms with Crippen molar-refractivity contribution in [2.24, 2.45) is 45.9 Å². The Balaban J connectivity index is 0.00000703. The third-order valence-corrected chi connectivity index (χ3v) is 14.9. The van der Waals surface area contributed by atoms with Gasteiger partial charge in [-0.15, -0.1) is 0 Å². The first-order chi connectivity index (χ1) is 47.3. The minimum absolute atomic E-state index is 0.0167. The van der Waals surface area contributed by atoms with Gasteiger partial charge in [-0.1, -0.05) is 92.1 Å². The van der Waals surface area contributed by atoms with Gasteiger partial charge < -0.3 is 111 Å². The normalized spacial score (nSPS) is 22.8. The zero-order valence-corrected chi connectivity index (χ0v) is 59.1. The maximum absolute atomic E-state index is 15.4. The van der Waals surface area contributed by atoms with E-state index < -0.39 is 204 Å². The largest absolute Gasteiger partial charge is 0.490 e. The Kier molecular flexibility index (Phi) is 38.5. The molecule has 576 valence electrons. The Bertz CT molecular complexity index is 3040. The van der Waals surface area contributed by atoms with Gasteiger partial charge in [-0.3, -0.25) is 57.7 Å². The fraction of sp³-hybridized carbons (Fsp3) is 0.667. The number of benzene rings is 1. The molecule has 0 aliphatic carbocycles. The maximum Gasteiger partial charge on any atom is 0.490 e. The molecule has 1 aromatic carbocycles. The summed E-state index contributed by atoms with van der Waals surface area (Å²) in [7, 11) is 0. The van der Waals surface area contributed by atoms with Gasteiger partial charge >= 0.3 is 24.2 Å². The Morgan fingerprint density at radius 2 is 1.24 bits per heavy atom. The van der Waals surface area contributed by atoms with Crippen LogP contribution < -0.4 is 75.7 Å². The summed E-state index contributed by atoms with van der Waals surface area (Å²) >= 11 is 0. The van der Waals surface area contributed by atoms with Gasteiger partial charge in [0, 0.05) is 19.5 Å². The lowest BCUT2D eigenvalue weighted by atomic mass is 9.95. The van der Waals surface area contributed by atoms with Gasteiger partial charge in [-0.25, -0.2) is 14.4 Å². The monoisotopic (exact) mass is 1460 g/mol. The number of aliphatic imine (C=N–C) groups is 1. The standard InChI is InChI=1S/C61H101N15O19.C2HF3O2/c1-13-32(8)41-54(88)74-42(33(9)78)53(87)67-27-40(80)72-44(47(82)49(62)83)56(90)71-38(28-77)58(92)94-48(34-19-15-14-16-20-34)45(76-52(86)36(25-29(2)3)68-39(79)22-18-24-66-60(93)95-61(10,11)12)57(91)75-43(46(81)31(6)7)55(89)70-37(26-30(4)5)51(85)69-35(50(84)73-41)21-17-23-65-59(63)64;3-2(4,5)1(6)7/h14-16,19-20,29-33,35-38,41-48,77-78,81-82H,13,17-18,21-28H2,1-12H3,(H2,62,83)(H,66,93)(H,67,87)(H,68,79)(H,69,85)(H,70,89)(H,71,90)(H,72,80)(H,73,84)(H,74,88)(H,75,91)(H,76,86)(H4,63,64,65);(H,6,7)/t32-,33-,35+,36-,37-,38-,41-,42-,43-,44-,45-,46+,47-,48+;/m0./s1. The van der Waals surface area contributed by atoms with Crippen molar-refractivity contribution in [3.8, 4) is 0 Å². The smallest absolute Gasteiger partial charge is 0.475 e. The molecule has 1 aromatic rings. The number of amides is 12. The van der Waals surface area contributed by atoms with Crippen LogP contribution in [0.5, 0.6) is 0 Å². The van der Waals surface area contributed by atoms with Crippen LogP contribution >= 0.6 is 0 Å². The summed E-state index contributed by atoms with van der Waals surface area (Å²) in [5.74, 6) is -20.1. The average molecular weight is 1460 g/mol. The van der Waals surface area contributed by atoms with Crippen molar-refractivity contribution in [3.63, 3.8) is 0 Å². The quantitative estimate of drug-likeness (QED) is 0.0204. The number of carbonyl (C=O) groups excluding carboxylic acids is 13. The van der Waals surface area contributed by atoms with Crippen LogP contribution in [0.25, 0.3) is 0 Å². The molecule has 22 N–H and O–H groups in total. The number of nitrogens with zero attached hydrogens (tertiary/aromatic N) is 1. The highest BCUT2D eigenvalue weighted by molar-refractivity contribution is 6.00. The van der Waals surface area contributed by atoms with E-state index in [0.29, 0.717) is 0 Å². The van der Waals surface area contributed by atoms with Crippen molar-refractivity contribution in [2.45, 2.75) is 219 Å². The third kappa shape index (κ3) is 32.9. The number of alkyl carbamates (subject to hydrolysis) is 1. The van der Waals surface area contributed by atoms with Gasteiger partial charge in [-0.05, 0) is 89.0 Å². The average Bonchev–Trinajstić information content (AvgIpc) is 0.816. The number of alkyl halides is 3. The fourth-order valence-electron chi connectivity index (χ4n) is 9.38. The number of cyclic esters (lactones) is 1. The number of primary amides is 1. The number of carboxylic acid groups (broad SMARTS) is 1. The first-order valence-corrected chi connectivity index (χ1v) is 32.8. The van der Waals surface area contributed by atoms with Crippen LogP contribution in [0.2, 0.25) is 0 Å². The summed E-state index contributed by atoms with van der Waals surface area (Å²) in [6.07, 6.45) is -14.4. The Morgan fingerprint density at radius 3 is 1.75 bits per heavy atom. The molecule has 2 rings (SSSR count). The number of hydrogen-bond donors (Lipinski definition) is 19. The number of halogens is 3. The lowest BCUT2D eigenvalue weighted by molar-refractivity contribution is -0.192. The van der Waals surface area contributed by atoms with Crippen molar-refractivity contribution in [1.29, 1.82) is 0 Å². The van der Waals surface area contributed by atoms with E-state index in [1.165, 1.54) is 44.2 Å². The molecule has 14 atom stereocenters. The van der Waals surface area contributed by atoms with Crippen LogP contribution in [0, 0.1) is 23.7 Å². The lowest BCUT2D eigenvalue weighted by Crippen LogP contribution is -2.64. The second-order valence-corrected chi connectivity index (χ2v) is 26.2. The number of carboxylic acids is 1. The van der Waals surface area contributed by atoms with E-state index in [4.69, 9.17) is 36.6 Å². The van der Waals surface area contributed by atoms with E-state index in [0.717, 1.165) is 6.92 Å². The predicted octanol–water partition coefficient (Wildman–Crippen LogP) is -3.87. The molecule has 1 fully saturated rings. The SMILES string of the molecule is CC[C@H](C)[C@@H]1NC(=O)[C@@H](CCCN=C(N)N)NC(=O)[C@H](CC(C)C)NC(=O)[C@H]([C@H](O)C(C)C)NC(=O)[C@@H](NC(=O)[C@H](CC(C)C)NC(=O)CCCNC(=O)OC(C)(C)C)[C@@H](c2ccccc2)OC(=O)[C@H](CO)NC(=O)[C@H]([C@H](O)C(N)=O)NC(=O)CNC(=O)[C@H]([C@H](C)O)NC1=O.O=C(O)C(F)(F)F. The first kappa shape index (κ1) is 90.5. The molecule has 0 aromatic heterocycles. The molecule has 102 heavy (non-hydrogen) atoms. The molecule has 39 heteroatoms. The number of carbonyl (C=O) groups is 14. The topological polar surface area (TPSA) is 581 Å². The van der Waals surface area contributed by atoms with Crippen molar-refractivity contribution in [1.82, 2.24) is 58.5 Å². The molecule has 1 saturated heterocycles. The van der Waals surface area contributed by atoms with Gasteiger partial charge in [0.15, 0.2) is 24.2 Å². The van der Waals surface area contributed by atoms with E-state index in [-0.39, 0.29) is 75.5 Å². The zero-order valence-electron chi connectivity index (χ0n) is 59.1. The van der Waals surface area contributed by atoms with Crippen molar-refractivity contribution in [3.05, 3.63) is 35.9 Å². The van der Waals surface area contributed by atoms with Crippen LogP contribution in [0.15, 0.2) is 35.3 Å². The van der Waals surface area contributed by atoms with Crippen LogP contribution in [0.3, 0.4) is 0 Å². The molecule has 12 amide bonds. The molecule has 1 aliphatic rings. The lowest BCUT2D eigenvalue weighted by Gasteiger charge is -2.33. The molecule has 0 bridgehead atoms. The molecule has 0 spiro atoms. The van der Waals surface area contributed by atoms with Gasteiger partial charge in [0.2, 0.25) is 65.0 Å². The van der Waals surface area contributed by atoms with E-state index in [1.807, 2.05) is 10.6 Å². The fourth-order valence-corrected chi connectivity index (χ4v) is 9.38. The second-order valence-electron chi connectivity index (χ2n) is 26.2.